The van der Waals surface area contributed by atoms with Crippen LogP contribution in [0.15, 0.2) is 29.3 Å². The van der Waals surface area contributed by atoms with Gasteiger partial charge in [0.05, 0.1) is 0 Å². The normalized spacial score (nSPS) is 35.5. The lowest BCUT2D eigenvalue weighted by Gasteiger charge is -2.48. The Labute approximate surface area is 121 Å². The van der Waals surface area contributed by atoms with Gasteiger partial charge in [-0.3, -0.25) is 0 Å². The van der Waals surface area contributed by atoms with E-state index >= 15 is 0 Å². The Morgan fingerprint density at radius 1 is 0.950 bits per heavy atom. The van der Waals surface area contributed by atoms with Crippen LogP contribution >= 0.6 is 0 Å². The number of hydrogen-bond acceptors (Lipinski definition) is 1. The molecule has 3 aliphatic rings. The molecule has 1 N–H and O–H groups in total. The van der Waals surface area contributed by atoms with E-state index in [0.717, 1.165) is 6.42 Å². The van der Waals surface area contributed by atoms with E-state index in [0.29, 0.717) is 11.2 Å². The van der Waals surface area contributed by atoms with Gasteiger partial charge in [0.2, 0.25) is 0 Å². The van der Waals surface area contributed by atoms with Gasteiger partial charge in [0.1, 0.15) is 5.75 Å². The van der Waals surface area contributed by atoms with Gasteiger partial charge in [-0.25, -0.2) is 0 Å². The molecule has 1 saturated carbocycles. The lowest BCUT2D eigenvalue weighted by Crippen LogP contribution is -2.38. The zero-order valence-corrected chi connectivity index (χ0v) is 12.6. The molecule has 4 rings (SSSR count). The molecule has 20 heavy (non-hydrogen) atoms. The van der Waals surface area contributed by atoms with Crippen LogP contribution in [0.4, 0.5) is 0 Å². The summed E-state index contributed by atoms with van der Waals surface area (Å²) in [5, 5.41) is 9.75. The van der Waals surface area contributed by atoms with Crippen LogP contribution in [-0.2, 0) is 11.8 Å². The monoisotopic (exact) mass is 268 g/mol. The predicted molar refractivity (Wildman–Crippen MR) is 82.0 cm³/mol. The zero-order valence-electron chi connectivity index (χ0n) is 12.6. The van der Waals surface area contributed by atoms with E-state index in [1.807, 2.05) is 12.1 Å². The van der Waals surface area contributed by atoms with Crippen molar-refractivity contribution in [3.8, 4) is 5.75 Å². The van der Waals surface area contributed by atoms with Crippen molar-refractivity contribution in [2.45, 2.75) is 64.2 Å². The molecule has 0 saturated heterocycles. The molecule has 0 aliphatic heterocycles. The lowest BCUT2D eigenvalue weighted by atomic mass is 9.56. The highest BCUT2D eigenvalue weighted by atomic mass is 16.3. The molecular weight excluding hydrogens is 244 g/mol. The fourth-order valence-corrected chi connectivity index (χ4v) is 5.22. The van der Waals surface area contributed by atoms with Crippen LogP contribution in [0.2, 0.25) is 0 Å². The first-order valence-electron chi connectivity index (χ1n) is 8.08. The SMILES string of the molecule is CC12CCCC1=C1CCc3cc(O)ccc3C1(C)CC2. The summed E-state index contributed by atoms with van der Waals surface area (Å²) in [6.07, 6.45) is 9.03. The molecule has 0 amide bonds. The van der Waals surface area contributed by atoms with Crippen LogP contribution < -0.4 is 0 Å². The van der Waals surface area contributed by atoms with E-state index in [1.54, 1.807) is 11.1 Å². The Balaban J connectivity index is 1.92. The molecule has 0 aromatic heterocycles. The second-order valence-electron chi connectivity index (χ2n) is 7.54. The van der Waals surface area contributed by atoms with Gasteiger partial charge >= 0.3 is 0 Å². The Bertz CT molecular complexity index is 612. The van der Waals surface area contributed by atoms with E-state index in [9.17, 15) is 5.11 Å². The van der Waals surface area contributed by atoms with Crippen molar-refractivity contribution in [1.82, 2.24) is 0 Å². The lowest BCUT2D eigenvalue weighted by molar-refractivity contribution is 0.278. The summed E-state index contributed by atoms with van der Waals surface area (Å²) in [5.41, 5.74) is 7.15. The van der Waals surface area contributed by atoms with E-state index in [4.69, 9.17) is 0 Å². The highest BCUT2D eigenvalue weighted by molar-refractivity contribution is 5.51. The molecule has 0 spiro atoms. The summed E-state index contributed by atoms with van der Waals surface area (Å²) in [6, 6.07) is 6.05. The van der Waals surface area contributed by atoms with Crippen molar-refractivity contribution in [3.05, 3.63) is 40.5 Å². The zero-order chi connectivity index (χ0) is 14.0. The van der Waals surface area contributed by atoms with Crippen LogP contribution in [0.3, 0.4) is 0 Å². The molecule has 1 nitrogen and oxygen atoms in total. The fourth-order valence-electron chi connectivity index (χ4n) is 5.22. The van der Waals surface area contributed by atoms with Gasteiger partial charge in [0, 0.05) is 5.41 Å². The van der Waals surface area contributed by atoms with Crippen LogP contribution in [-0.4, -0.2) is 5.11 Å². The van der Waals surface area contributed by atoms with Gasteiger partial charge in [-0.2, -0.15) is 0 Å². The molecule has 2 atom stereocenters. The average Bonchev–Trinajstić information content (AvgIpc) is 2.80. The Hall–Kier alpha value is -1.24. The van der Waals surface area contributed by atoms with E-state index in [2.05, 4.69) is 19.9 Å². The van der Waals surface area contributed by atoms with Gasteiger partial charge in [-0.15, -0.1) is 0 Å². The Morgan fingerprint density at radius 3 is 2.65 bits per heavy atom. The van der Waals surface area contributed by atoms with Gasteiger partial charge in [0.15, 0.2) is 0 Å². The van der Waals surface area contributed by atoms with Crippen molar-refractivity contribution < 1.29 is 5.11 Å². The predicted octanol–water partition coefficient (Wildman–Crippen LogP) is 4.88. The molecule has 2 unspecified atom stereocenters. The molecule has 1 aromatic carbocycles. The van der Waals surface area contributed by atoms with Gasteiger partial charge in [-0.05, 0) is 73.6 Å². The fraction of sp³-hybridized carbons (Fsp3) is 0.579. The van der Waals surface area contributed by atoms with Gasteiger partial charge in [0.25, 0.3) is 0 Å². The number of aromatic hydroxyl groups is 1. The second kappa shape index (κ2) is 3.90. The van der Waals surface area contributed by atoms with Crippen LogP contribution in [0, 0.1) is 5.41 Å². The van der Waals surface area contributed by atoms with E-state index < -0.39 is 0 Å². The summed E-state index contributed by atoms with van der Waals surface area (Å²) in [7, 11) is 0. The first kappa shape index (κ1) is 12.5. The van der Waals surface area contributed by atoms with Gasteiger partial charge in [-0.1, -0.05) is 31.1 Å². The first-order chi connectivity index (χ1) is 9.53. The minimum Gasteiger partial charge on any atom is -0.508 e. The molecule has 1 heteroatoms. The largest absolute Gasteiger partial charge is 0.508 e. The maximum atomic E-state index is 9.75. The summed E-state index contributed by atoms with van der Waals surface area (Å²) in [4.78, 5) is 0. The third-order valence-electron chi connectivity index (χ3n) is 6.42. The molecule has 0 heterocycles. The molecule has 3 aliphatic carbocycles. The van der Waals surface area contributed by atoms with Crippen molar-refractivity contribution in [2.75, 3.05) is 0 Å². The molecule has 106 valence electrons. The third kappa shape index (κ3) is 1.50. The topological polar surface area (TPSA) is 20.2 Å². The van der Waals surface area contributed by atoms with Crippen LogP contribution in [0.1, 0.15) is 63.5 Å². The van der Waals surface area contributed by atoms with Crippen molar-refractivity contribution in [1.29, 1.82) is 0 Å². The number of rotatable bonds is 0. The second-order valence-corrected chi connectivity index (χ2v) is 7.54. The van der Waals surface area contributed by atoms with Gasteiger partial charge < -0.3 is 5.11 Å². The summed E-state index contributed by atoms with van der Waals surface area (Å²) in [6.45, 7) is 4.94. The van der Waals surface area contributed by atoms with Crippen molar-refractivity contribution >= 4 is 0 Å². The number of phenolic OH excluding ortho intramolecular Hbond substituents is 1. The number of aryl methyl sites for hydroxylation is 1. The van der Waals surface area contributed by atoms with E-state index in [1.165, 1.54) is 49.7 Å². The first-order valence-corrected chi connectivity index (χ1v) is 8.08. The summed E-state index contributed by atoms with van der Waals surface area (Å²) < 4.78 is 0. The van der Waals surface area contributed by atoms with Crippen molar-refractivity contribution in [2.24, 2.45) is 5.41 Å². The summed E-state index contributed by atoms with van der Waals surface area (Å²) >= 11 is 0. The Kier molecular flexibility index (Phi) is 2.44. The maximum Gasteiger partial charge on any atom is 0.115 e. The molecule has 0 radical (unpaired) electrons. The molecule has 0 bridgehead atoms. The number of benzene rings is 1. The standard InChI is InChI=1S/C19H24O/c1-18-9-3-4-16(18)17-7-5-13-12-14(20)6-8-15(13)19(17,2)11-10-18/h6,8,12,20H,3-5,7,9-11H2,1-2H3. The Morgan fingerprint density at radius 2 is 1.80 bits per heavy atom. The molecular formula is C19H24O. The third-order valence-corrected chi connectivity index (χ3v) is 6.42. The van der Waals surface area contributed by atoms with E-state index in [-0.39, 0.29) is 5.41 Å². The molecule has 1 fully saturated rings. The molecule has 1 aromatic rings. The smallest absolute Gasteiger partial charge is 0.115 e. The van der Waals surface area contributed by atoms with Crippen molar-refractivity contribution in [3.63, 3.8) is 0 Å². The van der Waals surface area contributed by atoms with Crippen LogP contribution in [0.25, 0.3) is 0 Å². The highest BCUT2D eigenvalue weighted by Crippen LogP contribution is 2.59. The highest BCUT2D eigenvalue weighted by Gasteiger charge is 2.48. The maximum absolute atomic E-state index is 9.75. The number of hydrogen-bond donors (Lipinski definition) is 1. The minimum absolute atomic E-state index is 0.237. The number of fused-ring (bicyclic) bond motifs is 4. The minimum atomic E-state index is 0.237. The summed E-state index contributed by atoms with van der Waals surface area (Å²) in [5.74, 6) is 0.421. The number of phenols is 1. The number of allylic oxidation sites excluding steroid dienone is 2. The quantitative estimate of drug-likeness (QED) is 0.665. The van der Waals surface area contributed by atoms with Crippen LogP contribution in [0.5, 0.6) is 5.75 Å². The average molecular weight is 268 g/mol.